The van der Waals surface area contributed by atoms with Crippen molar-refractivity contribution in [3.63, 3.8) is 0 Å². The molecule has 0 bridgehead atoms. The lowest BCUT2D eigenvalue weighted by atomic mass is 10.2. The Labute approximate surface area is 94.4 Å². The molecule has 0 fully saturated rings. The summed E-state index contributed by atoms with van der Waals surface area (Å²) in [6.07, 6.45) is -2.25. The summed E-state index contributed by atoms with van der Waals surface area (Å²) >= 11 is 0. The summed E-state index contributed by atoms with van der Waals surface area (Å²) in [5.74, 6) is -1.81. The number of carbonyl (C=O) groups is 1. The Hall–Kier alpha value is -2.12. The Morgan fingerprint density at radius 1 is 1.65 bits per heavy atom. The lowest BCUT2D eigenvalue weighted by molar-refractivity contribution is -0.391. The second-order valence-electron chi connectivity index (χ2n) is 2.92. The summed E-state index contributed by atoms with van der Waals surface area (Å²) in [5.41, 5.74) is -1.15. The number of hydrogen-bond donors (Lipinski definition) is 0. The van der Waals surface area contributed by atoms with Crippen LogP contribution in [0.3, 0.4) is 0 Å². The molecule has 0 atom stereocenters. The lowest BCUT2D eigenvalue weighted by Crippen LogP contribution is -2.08. The first-order valence-corrected chi connectivity index (χ1v) is 4.57. The number of rotatable bonds is 4. The lowest BCUT2D eigenvalue weighted by Gasteiger charge is -2.03. The molecule has 0 amide bonds. The molecule has 1 rings (SSSR count). The summed E-state index contributed by atoms with van der Waals surface area (Å²) in [5, 5.41) is 10.4. The van der Waals surface area contributed by atoms with Gasteiger partial charge in [-0.15, -0.1) is 0 Å². The molecule has 0 aromatic carbocycles. The SMILES string of the molecule is CCOC(=O)c1cnc([N+](=O)[O-])c(C(F)F)c1. The van der Waals surface area contributed by atoms with E-state index in [-0.39, 0.29) is 12.2 Å². The minimum atomic E-state index is -3.09. The highest BCUT2D eigenvalue weighted by atomic mass is 19.3. The average Bonchev–Trinajstić information content (AvgIpc) is 2.28. The Morgan fingerprint density at radius 2 is 2.29 bits per heavy atom. The van der Waals surface area contributed by atoms with E-state index in [0.717, 1.165) is 6.20 Å². The molecule has 1 heterocycles. The highest BCUT2D eigenvalue weighted by Gasteiger charge is 2.25. The number of carbonyl (C=O) groups excluding carboxylic acids is 1. The standard InChI is InChI=1S/C9H8F2N2O4/c1-2-17-9(14)5-3-6(7(10)11)8(12-4-5)13(15)16/h3-4,7H,2H2,1H3. The van der Waals surface area contributed by atoms with Crippen LogP contribution in [0, 0.1) is 10.1 Å². The zero-order chi connectivity index (χ0) is 13.0. The van der Waals surface area contributed by atoms with Gasteiger partial charge >= 0.3 is 11.8 Å². The number of ether oxygens (including phenoxy) is 1. The molecule has 1 aromatic rings. The van der Waals surface area contributed by atoms with Crippen LogP contribution in [-0.2, 0) is 4.74 Å². The Balaban J connectivity index is 3.18. The summed E-state index contributed by atoms with van der Waals surface area (Å²) in [4.78, 5) is 23.8. The molecule has 0 spiro atoms. The highest BCUT2D eigenvalue weighted by Crippen LogP contribution is 2.27. The van der Waals surface area contributed by atoms with Crippen LogP contribution in [0.4, 0.5) is 14.6 Å². The minimum Gasteiger partial charge on any atom is -0.462 e. The van der Waals surface area contributed by atoms with E-state index in [2.05, 4.69) is 9.72 Å². The number of nitro groups is 1. The van der Waals surface area contributed by atoms with Crippen molar-refractivity contribution >= 4 is 11.8 Å². The van der Waals surface area contributed by atoms with Crippen molar-refractivity contribution in [1.29, 1.82) is 0 Å². The van der Waals surface area contributed by atoms with Crippen molar-refractivity contribution in [2.75, 3.05) is 6.61 Å². The van der Waals surface area contributed by atoms with Gasteiger partial charge in [0.05, 0.1) is 6.61 Å². The predicted molar refractivity (Wildman–Crippen MR) is 51.8 cm³/mol. The first-order chi connectivity index (χ1) is 7.97. The molecule has 0 radical (unpaired) electrons. The van der Waals surface area contributed by atoms with Gasteiger partial charge < -0.3 is 14.9 Å². The van der Waals surface area contributed by atoms with Gasteiger partial charge in [0.15, 0.2) is 6.20 Å². The maximum atomic E-state index is 12.5. The number of halogens is 2. The normalized spacial score (nSPS) is 10.4. The molecule has 17 heavy (non-hydrogen) atoms. The molecule has 0 aliphatic heterocycles. The third-order valence-corrected chi connectivity index (χ3v) is 1.81. The molecule has 1 aromatic heterocycles. The van der Waals surface area contributed by atoms with E-state index in [1.165, 1.54) is 0 Å². The fourth-order valence-corrected chi connectivity index (χ4v) is 1.11. The fraction of sp³-hybridized carbons (Fsp3) is 0.333. The van der Waals surface area contributed by atoms with Crippen LogP contribution in [0.2, 0.25) is 0 Å². The first-order valence-electron chi connectivity index (χ1n) is 4.57. The topological polar surface area (TPSA) is 82.3 Å². The number of aromatic nitrogens is 1. The largest absolute Gasteiger partial charge is 0.462 e. The number of esters is 1. The van der Waals surface area contributed by atoms with Crippen molar-refractivity contribution in [2.45, 2.75) is 13.3 Å². The van der Waals surface area contributed by atoms with Crippen LogP contribution in [0.5, 0.6) is 0 Å². The zero-order valence-corrected chi connectivity index (χ0v) is 8.72. The van der Waals surface area contributed by atoms with Crippen molar-refractivity contribution in [3.05, 3.63) is 33.5 Å². The van der Waals surface area contributed by atoms with Gasteiger partial charge in [0.2, 0.25) is 0 Å². The predicted octanol–water partition coefficient (Wildman–Crippen LogP) is 2.10. The second-order valence-corrected chi connectivity index (χ2v) is 2.92. The maximum Gasteiger partial charge on any atom is 0.372 e. The van der Waals surface area contributed by atoms with Crippen molar-refractivity contribution < 1.29 is 23.2 Å². The third-order valence-electron chi connectivity index (χ3n) is 1.81. The van der Waals surface area contributed by atoms with Gasteiger partial charge in [0, 0.05) is 0 Å². The van der Waals surface area contributed by atoms with Gasteiger partial charge in [-0.05, 0) is 22.9 Å². The van der Waals surface area contributed by atoms with Crippen LogP contribution in [0.1, 0.15) is 29.3 Å². The van der Waals surface area contributed by atoms with Gasteiger partial charge in [0.25, 0.3) is 6.43 Å². The van der Waals surface area contributed by atoms with Crippen LogP contribution < -0.4 is 0 Å². The second kappa shape index (κ2) is 5.28. The molecule has 0 N–H and O–H groups in total. The van der Waals surface area contributed by atoms with E-state index in [4.69, 9.17) is 0 Å². The third kappa shape index (κ3) is 2.92. The Kier molecular flexibility index (Phi) is 4.02. The maximum absolute atomic E-state index is 12.5. The minimum absolute atomic E-state index is 0.0693. The summed E-state index contributed by atoms with van der Waals surface area (Å²) in [7, 11) is 0. The van der Waals surface area contributed by atoms with E-state index in [9.17, 15) is 23.7 Å². The molecular weight excluding hydrogens is 238 g/mol. The monoisotopic (exact) mass is 246 g/mol. The van der Waals surface area contributed by atoms with Crippen molar-refractivity contribution in [1.82, 2.24) is 4.98 Å². The van der Waals surface area contributed by atoms with Crippen LogP contribution in [-0.4, -0.2) is 22.5 Å². The number of alkyl halides is 2. The van der Waals surface area contributed by atoms with E-state index < -0.39 is 28.7 Å². The molecule has 0 saturated carbocycles. The molecule has 0 unspecified atom stereocenters. The van der Waals surface area contributed by atoms with E-state index in [1.54, 1.807) is 6.92 Å². The smallest absolute Gasteiger partial charge is 0.372 e. The molecular formula is C9H8F2N2O4. The van der Waals surface area contributed by atoms with Crippen LogP contribution >= 0.6 is 0 Å². The van der Waals surface area contributed by atoms with Crippen LogP contribution in [0.15, 0.2) is 12.3 Å². The quantitative estimate of drug-likeness (QED) is 0.461. The summed E-state index contributed by atoms with van der Waals surface area (Å²) in [6, 6.07) is 0.716. The van der Waals surface area contributed by atoms with Crippen molar-refractivity contribution in [2.24, 2.45) is 0 Å². The Morgan fingerprint density at radius 3 is 2.76 bits per heavy atom. The van der Waals surface area contributed by atoms with Crippen LogP contribution in [0.25, 0.3) is 0 Å². The summed E-state index contributed by atoms with van der Waals surface area (Å²) < 4.78 is 29.6. The number of nitrogens with zero attached hydrogens (tertiary/aromatic N) is 2. The highest BCUT2D eigenvalue weighted by molar-refractivity contribution is 5.89. The number of hydrogen-bond acceptors (Lipinski definition) is 5. The van der Waals surface area contributed by atoms with Gasteiger partial charge in [-0.25, -0.2) is 13.6 Å². The zero-order valence-electron chi connectivity index (χ0n) is 8.72. The first kappa shape index (κ1) is 12.9. The molecule has 0 aliphatic carbocycles. The fourth-order valence-electron chi connectivity index (χ4n) is 1.11. The molecule has 8 heteroatoms. The molecule has 0 saturated heterocycles. The van der Waals surface area contributed by atoms with E-state index in [1.807, 2.05) is 0 Å². The molecule has 0 aliphatic rings. The molecule has 92 valence electrons. The number of pyridine rings is 1. The van der Waals surface area contributed by atoms with Gasteiger partial charge in [-0.1, -0.05) is 0 Å². The van der Waals surface area contributed by atoms with Crippen molar-refractivity contribution in [3.8, 4) is 0 Å². The average molecular weight is 246 g/mol. The van der Waals surface area contributed by atoms with Gasteiger partial charge in [0.1, 0.15) is 11.1 Å². The molecule has 6 nitrogen and oxygen atoms in total. The van der Waals surface area contributed by atoms with Gasteiger partial charge in [-0.2, -0.15) is 0 Å². The summed E-state index contributed by atoms with van der Waals surface area (Å²) in [6.45, 7) is 1.62. The van der Waals surface area contributed by atoms with E-state index >= 15 is 0 Å². The van der Waals surface area contributed by atoms with E-state index in [0.29, 0.717) is 6.07 Å². The Bertz CT molecular complexity index is 451. The van der Waals surface area contributed by atoms with Gasteiger partial charge in [-0.3, -0.25) is 0 Å².